The van der Waals surface area contributed by atoms with Crippen LogP contribution in [0.4, 0.5) is 5.69 Å². The molecule has 0 saturated heterocycles. The predicted molar refractivity (Wildman–Crippen MR) is 98.4 cm³/mol. The van der Waals surface area contributed by atoms with E-state index in [0.29, 0.717) is 28.6 Å². The summed E-state index contributed by atoms with van der Waals surface area (Å²) in [5.41, 5.74) is 0.737. The summed E-state index contributed by atoms with van der Waals surface area (Å²) in [4.78, 5) is 23.8. The van der Waals surface area contributed by atoms with Gasteiger partial charge in [-0.25, -0.2) is 4.79 Å². The van der Waals surface area contributed by atoms with Crippen LogP contribution in [-0.2, 0) is 11.2 Å². The van der Waals surface area contributed by atoms with E-state index in [-0.39, 0.29) is 17.7 Å². The Morgan fingerprint density at radius 2 is 1.56 bits per heavy atom. The van der Waals surface area contributed by atoms with Crippen LogP contribution in [0.15, 0.2) is 30.3 Å². The molecule has 0 saturated carbocycles. The number of carbonyl (C=O) groups is 2. The van der Waals surface area contributed by atoms with Crippen LogP contribution in [0.3, 0.4) is 0 Å². The molecular weight excluding hydrogens is 354 g/mol. The number of rotatable bonds is 8. The van der Waals surface area contributed by atoms with Gasteiger partial charge in [0.1, 0.15) is 5.75 Å². The molecule has 1 amide bonds. The second-order valence-electron chi connectivity index (χ2n) is 5.48. The van der Waals surface area contributed by atoms with E-state index in [4.69, 9.17) is 18.9 Å². The van der Waals surface area contributed by atoms with Gasteiger partial charge < -0.3 is 29.4 Å². The quantitative estimate of drug-likeness (QED) is 0.731. The SMILES string of the molecule is COc1ccc(NC(=O)Cc2cc(OC)c(OC)c(OC)c2)c(C(=O)O)c1. The Kier molecular flexibility index (Phi) is 6.48. The van der Waals surface area contributed by atoms with Crippen molar-refractivity contribution in [2.75, 3.05) is 33.8 Å². The van der Waals surface area contributed by atoms with Gasteiger partial charge in [0.2, 0.25) is 11.7 Å². The van der Waals surface area contributed by atoms with Crippen molar-refractivity contribution in [3.05, 3.63) is 41.5 Å². The molecule has 2 rings (SSSR count). The van der Waals surface area contributed by atoms with Crippen molar-refractivity contribution in [1.82, 2.24) is 0 Å². The van der Waals surface area contributed by atoms with E-state index in [0.717, 1.165) is 0 Å². The number of carbonyl (C=O) groups excluding carboxylic acids is 1. The molecule has 0 atom stereocenters. The van der Waals surface area contributed by atoms with Crippen LogP contribution in [0.5, 0.6) is 23.0 Å². The van der Waals surface area contributed by atoms with Crippen LogP contribution in [0, 0.1) is 0 Å². The normalized spacial score (nSPS) is 10.1. The van der Waals surface area contributed by atoms with E-state index in [1.165, 1.54) is 40.6 Å². The minimum atomic E-state index is -1.17. The third-order valence-electron chi connectivity index (χ3n) is 3.82. The molecule has 0 spiro atoms. The number of nitrogens with one attached hydrogen (secondary N) is 1. The van der Waals surface area contributed by atoms with Crippen LogP contribution < -0.4 is 24.3 Å². The molecule has 0 unspecified atom stereocenters. The van der Waals surface area contributed by atoms with E-state index >= 15 is 0 Å². The Morgan fingerprint density at radius 3 is 2.04 bits per heavy atom. The highest BCUT2D eigenvalue weighted by Gasteiger charge is 2.17. The third-order valence-corrected chi connectivity index (χ3v) is 3.82. The summed E-state index contributed by atoms with van der Waals surface area (Å²) in [6.07, 6.45) is -0.0121. The minimum absolute atomic E-state index is 0.0121. The number of methoxy groups -OCH3 is 4. The molecule has 0 bridgehead atoms. The molecule has 0 heterocycles. The highest BCUT2D eigenvalue weighted by atomic mass is 16.5. The zero-order valence-electron chi connectivity index (χ0n) is 15.5. The fraction of sp³-hybridized carbons (Fsp3) is 0.263. The molecule has 0 aliphatic carbocycles. The average molecular weight is 375 g/mol. The standard InChI is InChI=1S/C19H21NO7/c1-24-12-5-6-14(13(10-12)19(22)23)20-17(21)9-11-7-15(25-2)18(27-4)16(8-11)26-3/h5-8,10H,9H2,1-4H3,(H,20,21)(H,22,23). The Bertz CT molecular complexity index is 823. The molecule has 27 heavy (non-hydrogen) atoms. The van der Waals surface area contributed by atoms with Gasteiger partial charge in [-0.3, -0.25) is 4.79 Å². The smallest absolute Gasteiger partial charge is 0.337 e. The second kappa shape index (κ2) is 8.79. The molecule has 0 aliphatic heterocycles. The molecule has 8 nitrogen and oxygen atoms in total. The average Bonchev–Trinajstić information content (AvgIpc) is 2.67. The van der Waals surface area contributed by atoms with Gasteiger partial charge in [-0.1, -0.05) is 0 Å². The molecule has 2 aromatic rings. The van der Waals surface area contributed by atoms with E-state index in [2.05, 4.69) is 5.32 Å². The number of carboxylic acids is 1. The van der Waals surface area contributed by atoms with Crippen molar-refractivity contribution in [3.63, 3.8) is 0 Å². The fourth-order valence-electron chi connectivity index (χ4n) is 2.55. The first-order valence-electron chi connectivity index (χ1n) is 7.93. The van der Waals surface area contributed by atoms with Crippen LogP contribution in [0.1, 0.15) is 15.9 Å². The van der Waals surface area contributed by atoms with E-state index in [1.54, 1.807) is 18.2 Å². The Morgan fingerprint density at radius 1 is 0.926 bits per heavy atom. The van der Waals surface area contributed by atoms with Crippen LogP contribution in [0.2, 0.25) is 0 Å². The first-order valence-corrected chi connectivity index (χ1v) is 7.93. The Labute approximate surface area is 156 Å². The maximum absolute atomic E-state index is 12.4. The molecule has 0 aromatic heterocycles. The summed E-state index contributed by atoms with van der Waals surface area (Å²) in [6.45, 7) is 0. The monoisotopic (exact) mass is 375 g/mol. The predicted octanol–water partition coefficient (Wildman–Crippen LogP) is 2.60. The van der Waals surface area contributed by atoms with Crippen molar-refractivity contribution in [3.8, 4) is 23.0 Å². The van der Waals surface area contributed by atoms with Gasteiger partial charge in [-0.15, -0.1) is 0 Å². The van der Waals surface area contributed by atoms with Crippen molar-refractivity contribution < 1.29 is 33.6 Å². The van der Waals surface area contributed by atoms with Crippen molar-refractivity contribution in [1.29, 1.82) is 0 Å². The van der Waals surface area contributed by atoms with Crippen molar-refractivity contribution in [2.45, 2.75) is 6.42 Å². The van der Waals surface area contributed by atoms with Gasteiger partial charge in [-0.2, -0.15) is 0 Å². The summed E-state index contributed by atoms with van der Waals surface area (Å²) in [5.74, 6) is 0.0991. The van der Waals surface area contributed by atoms with Gasteiger partial charge in [0.15, 0.2) is 11.5 Å². The molecule has 0 radical (unpaired) electrons. The molecule has 0 aliphatic rings. The van der Waals surface area contributed by atoms with Gasteiger partial charge in [-0.05, 0) is 35.9 Å². The zero-order valence-corrected chi connectivity index (χ0v) is 15.5. The highest BCUT2D eigenvalue weighted by molar-refractivity contribution is 6.01. The van der Waals surface area contributed by atoms with Gasteiger partial charge in [0.25, 0.3) is 0 Å². The Hall–Kier alpha value is -3.42. The number of ether oxygens (including phenoxy) is 4. The lowest BCUT2D eigenvalue weighted by Gasteiger charge is -2.14. The second-order valence-corrected chi connectivity index (χ2v) is 5.48. The van der Waals surface area contributed by atoms with E-state index in [9.17, 15) is 14.7 Å². The summed E-state index contributed by atoms with van der Waals surface area (Å²) < 4.78 is 20.8. The summed E-state index contributed by atoms with van der Waals surface area (Å²) in [5, 5.41) is 11.9. The first-order chi connectivity index (χ1) is 12.9. The third kappa shape index (κ3) is 4.60. The van der Waals surface area contributed by atoms with Crippen molar-refractivity contribution >= 4 is 17.6 Å². The zero-order chi connectivity index (χ0) is 20.0. The number of benzene rings is 2. The van der Waals surface area contributed by atoms with Crippen LogP contribution in [-0.4, -0.2) is 45.4 Å². The molecule has 0 fully saturated rings. The van der Waals surface area contributed by atoms with Gasteiger partial charge in [0, 0.05) is 0 Å². The van der Waals surface area contributed by atoms with E-state index in [1.807, 2.05) is 0 Å². The number of amides is 1. The van der Waals surface area contributed by atoms with Crippen LogP contribution >= 0.6 is 0 Å². The number of hydrogen-bond acceptors (Lipinski definition) is 6. The minimum Gasteiger partial charge on any atom is -0.497 e. The molecule has 144 valence electrons. The van der Waals surface area contributed by atoms with Crippen LogP contribution in [0.25, 0.3) is 0 Å². The number of aromatic carboxylic acids is 1. The largest absolute Gasteiger partial charge is 0.497 e. The number of anilines is 1. The number of carboxylic acid groups (broad SMARTS) is 1. The summed E-state index contributed by atoms with van der Waals surface area (Å²) in [6, 6.07) is 7.72. The summed E-state index contributed by atoms with van der Waals surface area (Å²) >= 11 is 0. The van der Waals surface area contributed by atoms with E-state index < -0.39 is 11.9 Å². The topological polar surface area (TPSA) is 103 Å². The summed E-state index contributed by atoms with van der Waals surface area (Å²) in [7, 11) is 5.89. The first kappa shape index (κ1) is 19.9. The Balaban J connectivity index is 2.25. The maximum atomic E-state index is 12.4. The van der Waals surface area contributed by atoms with Gasteiger partial charge in [0.05, 0.1) is 46.1 Å². The molecular formula is C19H21NO7. The lowest BCUT2D eigenvalue weighted by Crippen LogP contribution is -2.17. The van der Waals surface area contributed by atoms with Crippen molar-refractivity contribution in [2.24, 2.45) is 0 Å². The number of hydrogen-bond donors (Lipinski definition) is 2. The highest BCUT2D eigenvalue weighted by Crippen LogP contribution is 2.38. The maximum Gasteiger partial charge on any atom is 0.337 e. The molecule has 2 N–H and O–H groups in total. The fourth-order valence-corrected chi connectivity index (χ4v) is 2.55. The van der Waals surface area contributed by atoms with Gasteiger partial charge >= 0.3 is 5.97 Å². The molecule has 2 aromatic carbocycles. The lowest BCUT2D eigenvalue weighted by molar-refractivity contribution is -0.115. The lowest BCUT2D eigenvalue weighted by atomic mass is 10.1. The molecule has 8 heteroatoms.